The Morgan fingerprint density at radius 2 is 2.00 bits per heavy atom. The predicted molar refractivity (Wildman–Crippen MR) is 122 cm³/mol. The predicted octanol–water partition coefficient (Wildman–Crippen LogP) is 0.0423. The van der Waals surface area contributed by atoms with E-state index in [-0.39, 0.29) is 31.2 Å². The molecule has 0 unspecified atom stereocenters. The number of carbonyl (C=O) groups is 1. The number of nitrogens with zero attached hydrogens (tertiary/aromatic N) is 7. The SMILES string of the molecule is CN1CCN(c2cc(OCCNC(=O)Cn3nc(-c4cccnc4)ccc3=O)ncn2)CC1. The van der Waals surface area contributed by atoms with Gasteiger partial charge in [0.15, 0.2) is 0 Å². The zero-order chi connectivity index (χ0) is 23.0. The molecule has 4 heterocycles. The molecule has 1 N–H and O–H groups in total. The van der Waals surface area contributed by atoms with Gasteiger partial charge < -0.3 is 19.9 Å². The van der Waals surface area contributed by atoms with Crippen LogP contribution < -0.4 is 20.5 Å². The Balaban J connectivity index is 1.26. The quantitative estimate of drug-likeness (QED) is 0.475. The molecular formula is C22H26N8O3. The molecule has 1 aliphatic heterocycles. The summed E-state index contributed by atoms with van der Waals surface area (Å²) in [6, 6.07) is 8.42. The highest BCUT2D eigenvalue weighted by atomic mass is 16.5. The fourth-order valence-electron chi connectivity index (χ4n) is 3.39. The number of likely N-dealkylation sites (N-methyl/N-ethyl adjacent to an activating group) is 1. The summed E-state index contributed by atoms with van der Waals surface area (Å²) in [4.78, 5) is 41.4. The number of nitrogens with one attached hydrogen (secondary N) is 1. The molecule has 172 valence electrons. The minimum absolute atomic E-state index is 0.187. The monoisotopic (exact) mass is 450 g/mol. The van der Waals surface area contributed by atoms with E-state index in [1.807, 2.05) is 6.07 Å². The summed E-state index contributed by atoms with van der Waals surface area (Å²) in [6.45, 7) is 4.09. The summed E-state index contributed by atoms with van der Waals surface area (Å²) < 4.78 is 6.80. The number of pyridine rings is 1. The summed E-state index contributed by atoms with van der Waals surface area (Å²) in [6.07, 6.45) is 4.79. The third-order valence-electron chi connectivity index (χ3n) is 5.25. The molecule has 3 aromatic heterocycles. The van der Waals surface area contributed by atoms with E-state index in [1.54, 1.807) is 30.6 Å². The van der Waals surface area contributed by atoms with Crippen LogP contribution in [-0.2, 0) is 11.3 Å². The number of carbonyl (C=O) groups excluding carboxylic acids is 1. The van der Waals surface area contributed by atoms with Crippen molar-refractivity contribution in [3.63, 3.8) is 0 Å². The summed E-state index contributed by atoms with van der Waals surface area (Å²) >= 11 is 0. The zero-order valence-electron chi connectivity index (χ0n) is 18.4. The molecule has 33 heavy (non-hydrogen) atoms. The highest BCUT2D eigenvalue weighted by Crippen LogP contribution is 2.17. The third-order valence-corrected chi connectivity index (χ3v) is 5.25. The van der Waals surface area contributed by atoms with Crippen molar-refractivity contribution in [2.45, 2.75) is 6.54 Å². The summed E-state index contributed by atoms with van der Waals surface area (Å²) in [5, 5.41) is 7.00. The van der Waals surface area contributed by atoms with Gasteiger partial charge in [-0.1, -0.05) is 0 Å². The second kappa shape index (κ2) is 10.6. The second-order valence-corrected chi connectivity index (χ2v) is 7.66. The molecule has 11 heteroatoms. The fraction of sp³-hybridized carbons (Fsp3) is 0.364. The van der Waals surface area contributed by atoms with Crippen LogP contribution in [0.1, 0.15) is 0 Å². The highest BCUT2D eigenvalue weighted by molar-refractivity contribution is 5.75. The van der Waals surface area contributed by atoms with E-state index < -0.39 is 0 Å². The zero-order valence-corrected chi connectivity index (χ0v) is 18.4. The smallest absolute Gasteiger partial charge is 0.267 e. The highest BCUT2D eigenvalue weighted by Gasteiger charge is 2.16. The first kappa shape index (κ1) is 22.3. The number of amides is 1. The lowest BCUT2D eigenvalue weighted by atomic mass is 10.2. The maximum atomic E-state index is 12.3. The molecule has 11 nitrogen and oxygen atoms in total. The van der Waals surface area contributed by atoms with Crippen molar-refractivity contribution in [1.82, 2.24) is 34.9 Å². The van der Waals surface area contributed by atoms with Gasteiger partial charge in [0.05, 0.1) is 12.2 Å². The molecule has 0 saturated carbocycles. The van der Waals surface area contributed by atoms with Crippen molar-refractivity contribution in [3.05, 3.63) is 59.4 Å². The van der Waals surface area contributed by atoms with Gasteiger partial charge in [-0.15, -0.1) is 0 Å². The Morgan fingerprint density at radius 3 is 2.79 bits per heavy atom. The maximum absolute atomic E-state index is 12.3. The number of anilines is 1. The Labute approximate surface area is 191 Å². The third kappa shape index (κ3) is 6.10. The van der Waals surface area contributed by atoms with Crippen molar-refractivity contribution >= 4 is 11.7 Å². The molecule has 1 saturated heterocycles. The minimum Gasteiger partial charge on any atom is -0.476 e. The first-order chi connectivity index (χ1) is 16.1. The van der Waals surface area contributed by atoms with Crippen molar-refractivity contribution in [3.8, 4) is 17.1 Å². The van der Waals surface area contributed by atoms with Crippen LogP contribution in [0.25, 0.3) is 11.3 Å². The molecule has 1 aliphatic rings. The van der Waals surface area contributed by atoms with E-state index in [4.69, 9.17) is 4.74 Å². The Hall–Kier alpha value is -3.86. The molecule has 0 atom stereocenters. The number of rotatable bonds is 8. The number of piperazine rings is 1. The van der Waals surface area contributed by atoms with Gasteiger partial charge in [0.2, 0.25) is 11.8 Å². The van der Waals surface area contributed by atoms with Crippen LogP contribution in [0.5, 0.6) is 5.88 Å². The summed E-state index contributed by atoms with van der Waals surface area (Å²) in [7, 11) is 2.10. The lowest BCUT2D eigenvalue weighted by molar-refractivity contribution is -0.122. The van der Waals surface area contributed by atoms with Gasteiger partial charge in [0.1, 0.15) is 25.3 Å². The van der Waals surface area contributed by atoms with Gasteiger partial charge in [-0.05, 0) is 25.2 Å². The number of ether oxygens (including phenoxy) is 1. The maximum Gasteiger partial charge on any atom is 0.267 e. The molecule has 0 aromatic carbocycles. The van der Waals surface area contributed by atoms with Crippen LogP contribution in [0.3, 0.4) is 0 Å². The average Bonchev–Trinajstić information content (AvgIpc) is 2.84. The molecule has 0 aliphatic carbocycles. The molecule has 0 radical (unpaired) electrons. The molecule has 3 aromatic rings. The molecule has 1 fully saturated rings. The van der Waals surface area contributed by atoms with Crippen LogP contribution >= 0.6 is 0 Å². The van der Waals surface area contributed by atoms with E-state index in [2.05, 4.69) is 42.2 Å². The minimum atomic E-state index is -0.355. The van der Waals surface area contributed by atoms with Gasteiger partial charge in [0, 0.05) is 56.3 Å². The summed E-state index contributed by atoms with van der Waals surface area (Å²) in [5.74, 6) is 0.948. The Kier molecular flexibility index (Phi) is 7.20. The first-order valence-electron chi connectivity index (χ1n) is 10.7. The first-order valence-corrected chi connectivity index (χ1v) is 10.7. The lowest BCUT2D eigenvalue weighted by Crippen LogP contribution is -2.44. The average molecular weight is 451 g/mol. The molecule has 1 amide bonds. The van der Waals surface area contributed by atoms with Gasteiger partial charge in [-0.2, -0.15) is 5.10 Å². The number of aromatic nitrogens is 5. The number of hydrogen-bond donors (Lipinski definition) is 1. The van der Waals surface area contributed by atoms with Crippen LogP contribution in [-0.4, -0.2) is 81.9 Å². The van der Waals surface area contributed by atoms with E-state index in [1.165, 1.54) is 12.4 Å². The van der Waals surface area contributed by atoms with Crippen LogP contribution in [0.4, 0.5) is 5.82 Å². The van der Waals surface area contributed by atoms with Gasteiger partial charge >= 0.3 is 0 Å². The Bertz CT molecular complexity index is 1130. The van der Waals surface area contributed by atoms with Gasteiger partial charge in [-0.3, -0.25) is 14.6 Å². The van der Waals surface area contributed by atoms with Gasteiger partial charge in [0.25, 0.3) is 5.56 Å². The van der Waals surface area contributed by atoms with Gasteiger partial charge in [-0.25, -0.2) is 14.6 Å². The van der Waals surface area contributed by atoms with Crippen molar-refractivity contribution in [2.24, 2.45) is 0 Å². The summed E-state index contributed by atoms with van der Waals surface area (Å²) in [5.41, 5.74) is 0.978. The van der Waals surface area contributed by atoms with E-state index in [0.29, 0.717) is 11.6 Å². The normalized spacial score (nSPS) is 14.2. The molecule has 4 rings (SSSR count). The molecule has 0 spiro atoms. The van der Waals surface area contributed by atoms with Crippen LogP contribution in [0.15, 0.2) is 53.8 Å². The topological polar surface area (TPSA) is 118 Å². The van der Waals surface area contributed by atoms with Crippen molar-refractivity contribution < 1.29 is 9.53 Å². The van der Waals surface area contributed by atoms with E-state index in [0.717, 1.165) is 42.2 Å². The fourth-order valence-corrected chi connectivity index (χ4v) is 3.39. The van der Waals surface area contributed by atoms with E-state index in [9.17, 15) is 9.59 Å². The molecule has 0 bridgehead atoms. The number of hydrogen-bond acceptors (Lipinski definition) is 9. The van der Waals surface area contributed by atoms with Crippen molar-refractivity contribution in [2.75, 3.05) is 51.3 Å². The Morgan fingerprint density at radius 1 is 1.15 bits per heavy atom. The van der Waals surface area contributed by atoms with Crippen molar-refractivity contribution in [1.29, 1.82) is 0 Å². The second-order valence-electron chi connectivity index (χ2n) is 7.66. The lowest BCUT2D eigenvalue weighted by Gasteiger charge is -2.33. The molecular weight excluding hydrogens is 424 g/mol. The largest absolute Gasteiger partial charge is 0.476 e. The standard InChI is InChI=1S/C22H26N8O3/c1-28-8-10-29(11-9-28)19-13-21(26-16-25-19)33-12-7-24-20(31)15-30-22(32)5-4-18(27-30)17-3-2-6-23-14-17/h2-6,13-14,16H,7-12,15H2,1H3,(H,24,31). The van der Waals surface area contributed by atoms with Crippen LogP contribution in [0.2, 0.25) is 0 Å². The van der Waals surface area contributed by atoms with E-state index >= 15 is 0 Å². The van der Waals surface area contributed by atoms with Crippen LogP contribution in [0, 0.1) is 0 Å².